The van der Waals surface area contributed by atoms with E-state index < -0.39 is 24.3 Å². The number of aryl methyl sites for hydroxylation is 1. The van der Waals surface area contributed by atoms with E-state index in [2.05, 4.69) is 15.9 Å². The van der Waals surface area contributed by atoms with E-state index in [0.717, 1.165) is 10.2 Å². The molecule has 0 spiro atoms. The van der Waals surface area contributed by atoms with Crippen LogP contribution >= 0.6 is 27.3 Å². The minimum Gasteiger partial charge on any atom is -0.481 e. The van der Waals surface area contributed by atoms with Crippen molar-refractivity contribution in [3.8, 4) is 0 Å². The number of carboxylic acid groups (broad SMARTS) is 1. The number of unbranched alkanes of at least 4 members (excludes halogenated alkanes) is 1. The Bertz CT molecular complexity index is 672. The molecule has 0 saturated heterocycles. The first-order valence-corrected chi connectivity index (χ1v) is 11.3. The first kappa shape index (κ1) is 23.3. The van der Waals surface area contributed by atoms with Crippen LogP contribution in [0.5, 0.6) is 0 Å². The molecule has 4 N–H and O–H groups in total. The third-order valence-electron chi connectivity index (χ3n) is 5.12. The maximum absolute atomic E-state index is 10.5. The Morgan fingerprint density at radius 2 is 2.07 bits per heavy atom. The number of thiophene rings is 1. The minimum absolute atomic E-state index is 0.0950. The summed E-state index contributed by atoms with van der Waals surface area (Å²) < 4.78 is 1.08. The monoisotopic (exact) mass is 472 g/mol. The number of halogens is 1. The van der Waals surface area contributed by atoms with Crippen LogP contribution in [0.4, 0.5) is 0 Å². The Morgan fingerprint density at radius 1 is 1.29 bits per heavy atom. The van der Waals surface area contributed by atoms with Crippen LogP contribution in [0.1, 0.15) is 43.4 Å². The van der Waals surface area contributed by atoms with Gasteiger partial charge in [-0.1, -0.05) is 24.3 Å². The molecule has 1 aromatic rings. The molecule has 5 nitrogen and oxygen atoms in total. The molecule has 1 aliphatic carbocycles. The van der Waals surface area contributed by atoms with Crippen LogP contribution in [0.3, 0.4) is 0 Å². The summed E-state index contributed by atoms with van der Waals surface area (Å²) in [6.07, 6.45) is 9.51. The lowest BCUT2D eigenvalue weighted by Gasteiger charge is -2.19. The van der Waals surface area contributed by atoms with Crippen molar-refractivity contribution in [2.75, 3.05) is 0 Å². The van der Waals surface area contributed by atoms with Crippen molar-refractivity contribution < 1.29 is 25.2 Å². The van der Waals surface area contributed by atoms with Gasteiger partial charge in [-0.3, -0.25) is 4.79 Å². The number of hydrogen-bond acceptors (Lipinski definition) is 5. The van der Waals surface area contributed by atoms with E-state index in [1.54, 1.807) is 17.4 Å². The van der Waals surface area contributed by atoms with Gasteiger partial charge in [0, 0.05) is 23.6 Å². The van der Waals surface area contributed by atoms with Crippen LogP contribution < -0.4 is 0 Å². The van der Waals surface area contributed by atoms with Crippen molar-refractivity contribution in [3.63, 3.8) is 0 Å². The normalized spacial score (nSPS) is 26.4. The van der Waals surface area contributed by atoms with Gasteiger partial charge in [0.15, 0.2) is 0 Å². The molecule has 2 rings (SSSR count). The zero-order chi connectivity index (χ0) is 20.5. The predicted octanol–water partition coefficient (Wildman–Crippen LogP) is 3.92. The van der Waals surface area contributed by atoms with Gasteiger partial charge in [0.25, 0.3) is 0 Å². The van der Waals surface area contributed by atoms with Gasteiger partial charge in [0.2, 0.25) is 0 Å². The zero-order valence-electron chi connectivity index (χ0n) is 15.8. The molecule has 5 atom stereocenters. The lowest BCUT2D eigenvalue weighted by molar-refractivity contribution is -0.137. The Morgan fingerprint density at radius 3 is 2.75 bits per heavy atom. The van der Waals surface area contributed by atoms with Gasteiger partial charge in [0.1, 0.15) is 0 Å². The van der Waals surface area contributed by atoms with Crippen molar-refractivity contribution in [1.82, 2.24) is 0 Å². The van der Waals surface area contributed by atoms with E-state index in [-0.39, 0.29) is 18.3 Å². The van der Waals surface area contributed by atoms with Crippen molar-refractivity contribution in [2.45, 2.75) is 63.3 Å². The molecule has 156 valence electrons. The molecule has 28 heavy (non-hydrogen) atoms. The SMILES string of the molecule is O=C(O)CCCC=CC[C@@H]1[C@@H](C=C[C@@H](O)CCc2ccc(Br)s2)[C@H](O)C[C@@H]1O. The fourth-order valence-electron chi connectivity index (χ4n) is 3.58. The maximum atomic E-state index is 10.5. The average Bonchev–Trinajstić information content (AvgIpc) is 3.16. The number of carboxylic acids is 1. The molecule has 1 aliphatic rings. The van der Waals surface area contributed by atoms with Crippen molar-refractivity contribution in [2.24, 2.45) is 11.8 Å². The smallest absolute Gasteiger partial charge is 0.303 e. The summed E-state index contributed by atoms with van der Waals surface area (Å²) in [6, 6.07) is 4.04. The molecule has 1 heterocycles. The Kier molecular flexibility index (Phi) is 9.88. The first-order chi connectivity index (χ1) is 13.4. The quantitative estimate of drug-likeness (QED) is 0.289. The van der Waals surface area contributed by atoms with E-state index >= 15 is 0 Å². The second-order valence-electron chi connectivity index (χ2n) is 7.30. The summed E-state index contributed by atoms with van der Waals surface area (Å²) >= 11 is 5.09. The molecule has 1 saturated carbocycles. The van der Waals surface area contributed by atoms with E-state index in [9.17, 15) is 20.1 Å². The summed E-state index contributed by atoms with van der Waals surface area (Å²) in [7, 11) is 0. The zero-order valence-corrected chi connectivity index (χ0v) is 18.2. The highest BCUT2D eigenvalue weighted by Crippen LogP contribution is 2.36. The fourth-order valence-corrected chi connectivity index (χ4v) is 5.08. The number of allylic oxidation sites excluding steroid dienone is 2. The third kappa shape index (κ3) is 7.79. The highest BCUT2D eigenvalue weighted by atomic mass is 79.9. The highest BCUT2D eigenvalue weighted by molar-refractivity contribution is 9.11. The average molecular weight is 473 g/mol. The predicted molar refractivity (Wildman–Crippen MR) is 114 cm³/mol. The molecule has 0 aliphatic heterocycles. The second-order valence-corrected chi connectivity index (χ2v) is 9.85. The molecule has 0 radical (unpaired) electrons. The van der Waals surface area contributed by atoms with E-state index in [4.69, 9.17) is 5.11 Å². The topological polar surface area (TPSA) is 98.0 Å². The van der Waals surface area contributed by atoms with E-state index in [1.165, 1.54) is 4.88 Å². The molecule has 7 heteroatoms. The standard InChI is InChI=1S/C21H29BrO5S/c22-20-12-10-15(28-20)9-7-14(23)8-11-17-16(18(24)13-19(17)25)5-3-1-2-4-6-21(26)27/h1,3,8,10-12,14,16-19,23-25H,2,4-7,9,13H2,(H,26,27)/t14-,16+,17+,18-,19+/m0/s1. The maximum Gasteiger partial charge on any atom is 0.303 e. The number of aliphatic carboxylic acids is 1. The molecule has 0 bridgehead atoms. The van der Waals surface area contributed by atoms with Crippen molar-refractivity contribution in [3.05, 3.63) is 45.1 Å². The summed E-state index contributed by atoms with van der Waals surface area (Å²) in [4.78, 5) is 11.7. The lowest BCUT2D eigenvalue weighted by atomic mass is 9.89. The van der Waals surface area contributed by atoms with Gasteiger partial charge in [-0.15, -0.1) is 11.3 Å². The largest absolute Gasteiger partial charge is 0.481 e. The molecule has 1 fully saturated rings. The molecule has 0 unspecified atom stereocenters. The van der Waals surface area contributed by atoms with Crippen molar-refractivity contribution in [1.29, 1.82) is 0 Å². The summed E-state index contributed by atoms with van der Waals surface area (Å²) in [5, 5.41) is 39.4. The number of rotatable bonds is 11. The number of carbonyl (C=O) groups is 1. The first-order valence-electron chi connectivity index (χ1n) is 9.70. The van der Waals surface area contributed by atoms with Gasteiger partial charge in [-0.05, 0) is 66.1 Å². The molecular weight excluding hydrogens is 444 g/mol. The van der Waals surface area contributed by atoms with Gasteiger partial charge < -0.3 is 20.4 Å². The summed E-state index contributed by atoms with van der Waals surface area (Å²) in [5.41, 5.74) is 0. The highest BCUT2D eigenvalue weighted by Gasteiger charge is 2.39. The van der Waals surface area contributed by atoms with Crippen LogP contribution in [-0.4, -0.2) is 44.7 Å². The Labute approximate surface area is 178 Å². The number of hydrogen-bond donors (Lipinski definition) is 4. The van der Waals surface area contributed by atoms with E-state index in [1.807, 2.05) is 30.4 Å². The van der Waals surface area contributed by atoms with Crippen LogP contribution in [0.15, 0.2) is 40.2 Å². The van der Waals surface area contributed by atoms with E-state index in [0.29, 0.717) is 32.1 Å². The van der Waals surface area contributed by atoms with Gasteiger partial charge in [-0.2, -0.15) is 0 Å². The molecule has 0 aromatic carbocycles. The lowest BCUT2D eigenvalue weighted by Crippen LogP contribution is -2.20. The van der Waals surface area contributed by atoms with Crippen molar-refractivity contribution >= 4 is 33.2 Å². The second kappa shape index (κ2) is 11.9. The van der Waals surface area contributed by atoms with Gasteiger partial charge in [-0.25, -0.2) is 0 Å². The summed E-state index contributed by atoms with van der Waals surface area (Å²) in [5.74, 6) is -1.08. The van der Waals surface area contributed by atoms with Gasteiger partial charge >= 0.3 is 5.97 Å². The number of aliphatic hydroxyl groups excluding tert-OH is 3. The molecule has 1 aromatic heterocycles. The Hall–Kier alpha value is -0.990. The van der Waals surface area contributed by atoms with Crippen LogP contribution in [0.25, 0.3) is 0 Å². The van der Waals surface area contributed by atoms with Crippen LogP contribution in [-0.2, 0) is 11.2 Å². The Balaban J connectivity index is 1.81. The molecular formula is C21H29BrO5S. The van der Waals surface area contributed by atoms with Crippen LogP contribution in [0.2, 0.25) is 0 Å². The summed E-state index contributed by atoms with van der Waals surface area (Å²) in [6.45, 7) is 0. The minimum atomic E-state index is -0.793. The van der Waals surface area contributed by atoms with Crippen LogP contribution in [0, 0.1) is 11.8 Å². The fraction of sp³-hybridized carbons (Fsp3) is 0.571. The third-order valence-corrected chi connectivity index (χ3v) is 6.81. The van der Waals surface area contributed by atoms with Gasteiger partial charge in [0.05, 0.1) is 22.1 Å². The number of aliphatic hydroxyl groups is 3. The molecule has 0 amide bonds.